The molecule has 0 spiro atoms. The standard InChI is InChI=1S/C56H38N5OP/c62-63(46-23-11-4-12-24-46)60(45-21-9-3-10-22-45)53-36-34-43(42-33-35-52-49(37-42)47-25-14-16-28-51(47)59(52)44-19-7-2-8-20-44)38-54(53)61(63)56-57-50-27-15-13-26-48(50)55(58-56)41-31-29-40(30-32-41)39-17-5-1-6-18-39/h1-38H. The molecule has 11 aromatic rings. The van der Waals surface area contributed by atoms with Crippen LogP contribution in [0.25, 0.3) is 71.9 Å². The van der Waals surface area contributed by atoms with E-state index in [0.717, 1.165) is 83.6 Å². The molecule has 63 heavy (non-hydrogen) atoms. The van der Waals surface area contributed by atoms with Gasteiger partial charge in [-0.25, -0.2) is 14.6 Å². The van der Waals surface area contributed by atoms with Crippen molar-refractivity contribution in [2.45, 2.75) is 0 Å². The van der Waals surface area contributed by atoms with Gasteiger partial charge in [-0.05, 0) is 95.1 Å². The molecule has 7 heteroatoms. The molecule has 0 aliphatic carbocycles. The number of nitrogens with zero attached hydrogens (tertiary/aromatic N) is 5. The highest BCUT2D eigenvalue weighted by Gasteiger charge is 2.50. The van der Waals surface area contributed by atoms with Crippen molar-refractivity contribution in [2.24, 2.45) is 0 Å². The Kier molecular flexibility index (Phi) is 8.66. The van der Waals surface area contributed by atoms with E-state index in [1.54, 1.807) is 0 Å². The Balaban J connectivity index is 1.09. The van der Waals surface area contributed by atoms with E-state index in [1.165, 1.54) is 5.39 Å². The molecule has 1 atom stereocenters. The van der Waals surface area contributed by atoms with E-state index in [4.69, 9.17) is 9.97 Å². The number of fused-ring (bicyclic) bond motifs is 5. The summed E-state index contributed by atoms with van der Waals surface area (Å²) < 4.78 is 23.0. The zero-order valence-electron chi connectivity index (χ0n) is 34.0. The van der Waals surface area contributed by atoms with Crippen molar-refractivity contribution >= 4 is 68.5 Å². The van der Waals surface area contributed by atoms with Gasteiger partial charge in [0.25, 0.3) is 0 Å². The molecule has 2 aromatic heterocycles. The minimum Gasteiger partial charge on any atom is -0.309 e. The monoisotopic (exact) mass is 827 g/mol. The lowest BCUT2D eigenvalue weighted by Crippen LogP contribution is -2.27. The van der Waals surface area contributed by atoms with Crippen molar-refractivity contribution in [3.8, 4) is 39.2 Å². The van der Waals surface area contributed by atoms with E-state index in [-0.39, 0.29) is 0 Å². The summed E-state index contributed by atoms with van der Waals surface area (Å²) in [6.07, 6.45) is 0. The van der Waals surface area contributed by atoms with Gasteiger partial charge in [0.1, 0.15) is 0 Å². The highest BCUT2D eigenvalue weighted by molar-refractivity contribution is 7.76. The lowest BCUT2D eigenvalue weighted by atomic mass is 10.0. The van der Waals surface area contributed by atoms with Crippen LogP contribution in [0.2, 0.25) is 0 Å². The minimum absolute atomic E-state index is 0.362. The zero-order chi connectivity index (χ0) is 41.9. The first-order valence-electron chi connectivity index (χ1n) is 21.1. The minimum atomic E-state index is -3.78. The van der Waals surface area contributed by atoms with Gasteiger partial charge in [0.15, 0.2) is 0 Å². The largest absolute Gasteiger partial charge is 0.309 e. The van der Waals surface area contributed by atoms with E-state index in [0.29, 0.717) is 11.3 Å². The highest BCUT2D eigenvalue weighted by Crippen LogP contribution is 2.70. The fourth-order valence-corrected chi connectivity index (χ4v) is 12.1. The van der Waals surface area contributed by atoms with Crippen LogP contribution in [0.4, 0.5) is 23.0 Å². The third kappa shape index (κ3) is 5.99. The molecule has 12 rings (SSSR count). The van der Waals surface area contributed by atoms with Crippen LogP contribution in [0.15, 0.2) is 231 Å². The SMILES string of the molecule is O=P1(c2ccccc2)N(c2ccccc2)c2ccc(-c3ccc4c(c3)c3ccccc3n4-c3ccccc3)cc2N1c1nc(-c2ccc(-c3ccccc3)cc2)c2ccccc2n1. The zero-order valence-corrected chi connectivity index (χ0v) is 34.9. The number of anilines is 4. The molecule has 0 amide bonds. The Morgan fingerprint density at radius 3 is 1.65 bits per heavy atom. The summed E-state index contributed by atoms with van der Waals surface area (Å²) in [6.45, 7) is 0. The Labute approximate surface area is 365 Å². The van der Waals surface area contributed by atoms with Gasteiger partial charge in [0.2, 0.25) is 5.95 Å². The van der Waals surface area contributed by atoms with Gasteiger partial charge in [-0.15, -0.1) is 0 Å². The number of benzene rings is 9. The fraction of sp³-hybridized carbons (Fsp3) is 0. The summed E-state index contributed by atoms with van der Waals surface area (Å²) in [5.41, 5.74) is 12.6. The first-order valence-corrected chi connectivity index (χ1v) is 22.7. The molecule has 0 saturated carbocycles. The number of rotatable bonds is 7. The van der Waals surface area contributed by atoms with Crippen LogP contribution in [-0.2, 0) is 4.57 Å². The first-order chi connectivity index (χ1) is 31.1. The van der Waals surface area contributed by atoms with Crippen molar-refractivity contribution in [1.29, 1.82) is 0 Å². The Bertz CT molecular complexity index is 3540. The molecular formula is C56H38N5OP. The van der Waals surface area contributed by atoms with E-state index in [9.17, 15) is 0 Å². The molecule has 1 aliphatic rings. The van der Waals surface area contributed by atoms with Gasteiger partial charge < -0.3 is 4.57 Å². The average molecular weight is 828 g/mol. The smallest absolute Gasteiger partial charge is 0.304 e. The molecular weight excluding hydrogens is 790 g/mol. The van der Waals surface area contributed by atoms with Crippen LogP contribution in [0.5, 0.6) is 0 Å². The summed E-state index contributed by atoms with van der Waals surface area (Å²) in [6, 6.07) is 79.0. The van der Waals surface area contributed by atoms with Crippen molar-refractivity contribution in [1.82, 2.24) is 14.5 Å². The van der Waals surface area contributed by atoms with E-state index >= 15 is 4.57 Å². The van der Waals surface area contributed by atoms with Crippen molar-refractivity contribution in [2.75, 3.05) is 9.34 Å². The summed E-state index contributed by atoms with van der Waals surface area (Å²) in [7, 11) is -3.78. The number of hydrogen-bond acceptors (Lipinski definition) is 3. The lowest BCUT2D eigenvalue weighted by molar-refractivity contribution is 0.582. The summed E-state index contributed by atoms with van der Waals surface area (Å²) in [5.74, 6) is 0.362. The summed E-state index contributed by atoms with van der Waals surface area (Å²) in [5, 5.41) is 3.93. The second-order valence-electron chi connectivity index (χ2n) is 15.8. The van der Waals surface area contributed by atoms with Crippen molar-refractivity contribution in [3.05, 3.63) is 231 Å². The van der Waals surface area contributed by atoms with Crippen molar-refractivity contribution in [3.63, 3.8) is 0 Å². The molecule has 0 saturated heterocycles. The quantitative estimate of drug-likeness (QED) is 0.150. The van der Waals surface area contributed by atoms with Crippen LogP contribution in [-0.4, -0.2) is 14.5 Å². The lowest BCUT2D eigenvalue weighted by Gasteiger charge is -2.32. The second-order valence-corrected chi connectivity index (χ2v) is 18.2. The van der Waals surface area contributed by atoms with Gasteiger partial charge in [-0.1, -0.05) is 158 Å². The molecule has 0 fully saturated rings. The van der Waals surface area contributed by atoms with E-state index in [1.807, 2.05) is 94.3 Å². The molecule has 9 aromatic carbocycles. The maximum atomic E-state index is 16.8. The molecule has 0 bridgehead atoms. The Morgan fingerprint density at radius 2 is 0.905 bits per heavy atom. The molecule has 6 nitrogen and oxygen atoms in total. The molecule has 0 N–H and O–H groups in total. The molecule has 3 heterocycles. The Hall–Kier alpha value is -8.05. The number of para-hydroxylation sites is 4. The normalized spacial score (nSPS) is 14.7. The van der Waals surface area contributed by atoms with Gasteiger partial charge >= 0.3 is 7.44 Å². The Morgan fingerprint density at radius 1 is 0.365 bits per heavy atom. The third-order valence-electron chi connectivity index (χ3n) is 12.1. The van der Waals surface area contributed by atoms with Crippen molar-refractivity contribution < 1.29 is 4.57 Å². The predicted molar refractivity (Wildman–Crippen MR) is 261 cm³/mol. The molecule has 0 radical (unpaired) electrons. The van der Waals surface area contributed by atoms with Crippen LogP contribution < -0.4 is 14.6 Å². The topological polar surface area (TPSA) is 54.3 Å². The fourth-order valence-electron chi connectivity index (χ4n) is 9.22. The number of aromatic nitrogens is 3. The first kappa shape index (κ1) is 36.8. The molecule has 1 aliphatic heterocycles. The van der Waals surface area contributed by atoms with Crippen LogP contribution in [0.1, 0.15) is 0 Å². The van der Waals surface area contributed by atoms with E-state index < -0.39 is 7.44 Å². The predicted octanol–water partition coefficient (Wildman–Crippen LogP) is 14.5. The van der Waals surface area contributed by atoms with Gasteiger partial charge in [-0.3, -0.25) is 9.24 Å². The van der Waals surface area contributed by atoms with Gasteiger partial charge in [0.05, 0.1) is 38.9 Å². The van der Waals surface area contributed by atoms with E-state index in [2.05, 4.69) is 150 Å². The summed E-state index contributed by atoms with van der Waals surface area (Å²) >= 11 is 0. The summed E-state index contributed by atoms with van der Waals surface area (Å²) in [4.78, 5) is 10.7. The maximum absolute atomic E-state index is 16.8. The highest BCUT2D eigenvalue weighted by atomic mass is 31.2. The van der Waals surface area contributed by atoms with Gasteiger partial charge in [0, 0.05) is 33.1 Å². The van der Waals surface area contributed by atoms with Crippen LogP contribution in [0.3, 0.4) is 0 Å². The average Bonchev–Trinajstić information content (AvgIpc) is 3.83. The van der Waals surface area contributed by atoms with Gasteiger partial charge in [-0.2, -0.15) is 0 Å². The molecule has 298 valence electrons. The van der Waals surface area contributed by atoms with Crippen LogP contribution in [0, 0.1) is 0 Å². The third-order valence-corrected chi connectivity index (χ3v) is 15.0. The van der Waals surface area contributed by atoms with Crippen LogP contribution >= 0.6 is 7.44 Å². The maximum Gasteiger partial charge on any atom is 0.304 e. The second kappa shape index (κ2) is 14.8. The molecule has 1 unspecified atom stereocenters. The number of hydrogen-bond donors (Lipinski definition) is 0.